The maximum Gasteiger partial charge on any atom is 0.221 e. The van der Waals surface area contributed by atoms with Crippen LogP contribution in [0.25, 0.3) is 0 Å². The number of fused-ring (bicyclic) bond motifs is 3. The molecule has 6 aliphatic rings. The van der Waals surface area contributed by atoms with Gasteiger partial charge in [-0.15, -0.1) is 0 Å². The third kappa shape index (κ3) is 4.36. The third-order valence-electron chi connectivity index (χ3n) is 11.7. The Morgan fingerprint density at radius 1 is 1.03 bits per heavy atom. The third-order valence-corrected chi connectivity index (χ3v) is 11.7. The average Bonchev–Trinajstić information content (AvgIpc) is 2.80. The van der Waals surface area contributed by atoms with E-state index in [9.17, 15) is 4.79 Å². The summed E-state index contributed by atoms with van der Waals surface area (Å²) in [7, 11) is 0. The Kier molecular flexibility index (Phi) is 6.34. The predicted molar refractivity (Wildman–Crippen MR) is 148 cm³/mol. The number of nitrogens with one attached hydrogen (secondary N) is 2. The zero-order valence-corrected chi connectivity index (χ0v) is 23.4. The highest BCUT2D eigenvalue weighted by Crippen LogP contribution is 2.57. The number of aryl methyl sites for hydroxylation is 1. The van der Waals surface area contributed by atoms with Crippen LogP contribution in [0.3, 0.4) is 0 Å². The molecule has 1 amide bonds. The number of carbonyl (C=O) groups excluding carboxylic acids is 1. The highest BCUT2D eigenvalue weighted by atomic mass is 16.1. The van der Waals surface area contributed by atoms with Gasteiger partial charge in [0.15, 0.2) is 0 Å². The molecule has 4 bridgehead atoms. The van der Waals surface area contributed by atoms with Gasteiger partial charge in [0.2, 0.25) is 5.91 Å². The summed E-state index contributed by atoms with van der Waals surface area (Å²) in [5.41, 5.74) is 5.46. The van der Waals surface area contributed by atoms with E-state index in [4.69, 9.17) is 0 Å². The van der Waals surface area contributed by atoms with Crippen LogP contribution in [0.2, 0.25) is 0 Å². The van der Waals surface area contributed by atoms with E-state index in [2.05, 4.69) is 56.5 Å². The summed E-state index contributed by atoms with van der Waals surface area (Å²) < 4.78 is 0. The molecule has 3 atom stereocenters. The fourth-order valence-electron chi connectivity index (χ4n) is 10.4. The molecule has 0 saturated heterocycles. The molecule has 5 saturated carbocycles. The molecule has 1 aromatic rings. The topological polar surface area (TPSA) is 41.1 Å². The van der Waals surface area contributed by atoms with E-state index >= 15 is 0 Å². The minimum atomic E-state index is 0.147. The van der Waals surface area contributed by atoms with E-state index in [0.29, 0.717) is 23.7 Å². The predicted octanol–water partition coefficient (Wildman–Crippen LogP) is 6.89. The fraction of sp³-hybridized carbons (Fsp3) is 0.788. The van der Waals surface area contributed by atoms with Gasteiger partial charge in [0.25, 0.3) is 0 Å². The van der Waals surface area contributed by atoms with Crippen molar-refractivity contribution in [1.29, 1.82) is 0 Å². The SMILES string of the molecule is CC(C)c1ccc2c(c1)CC[C@H]1[C@](C)(CNCCC(=O)NC34CC5CC(CC(C5)C3)C4)CCC[C@]21C. The standard InChI is InChI=1S/C33H50N2O/c1-22(2)26-6-8-28-27(17-26)7-9-29-31(3,11-5-12-32(28,29)4)21-34-13-10-30(36)35-33-18-23-14-24(19-33)16-25(15-23)20-33/h6,8,17,22-25,29,34H,5,7,9-16,18-21H2,1-4H3,(H,35,36)/t23?,24?,25?,29-,31-,32+,33?/m0/s1. The monoisotopic (exact) mass is 490 g/mol. The maximum absolute atomic E-state index is 13.0. The zero-order chi connectivity index (χ0) is 25.1. The largest absolute Gasteiger partial charge is 0.351 e. The van der Waals surface area contributed by atoms with Gasteiger partial charge in [0.1, 0.15) is 0 Å². The normalized spacial score (nSPS) is 40.7. The molecule has 198 valence electrons. The van der Waals surface area contributed by atoms with Crippen molar-refractivity contribution in [2.75, 3.05) is 13.1 Å². The van der Waals surface area contributed by atoms with E-state index in [1.807, 2.05) is 0 Å². The number of carbonyl (C=O) groups is 1. The molecule has 0 aromatic heterocycles. The van der Waals surface area contributed by atoms with Crippen molar-refractivity contribution in [1.82, 2.24) is 10.6 Å². The maximum atomic E-state index is 13.0. The summed E-state index contributed by atoms with van der Waals surface area (Å²) in [6.45, 7) is 11.6. The molecule has 36 heavy (non-hydrogen) atoms. The van der Waals surface area contributed by atoms with Crippen molar-refractivity contribution in [3.05, 3.63) is 34.9 Å². The highest BCUT2D eigenvalue weighted by Gasteiger charge is 2.52. The van der Waals surface area contributed by atoms with Crippen LogP contribution >= 0.6 is 0 Å². The van der Waals surface area contributed by atoms with Crippen LogP contribution < -0.4 is 10.6 Å². The van der Waals surface area contributed by atoms with Gasteiger partial charge in [-0.25, -0.2) is 0 Å². The van der Waals surface area contributed by atoms with Crippen LogP contribution in [-0.4, -0.2) is 24.5 Å². The molecular formula is C33H50N2O. The summed E-state index contributed by atoms with van der Waals surface area (Å²) >= 11 is 0. The molecule has 0 radical (unpaired) electrons. The second kappa shape index (κ2) is 9.14. The summed E-state index contributed by atoms with van der Waals surface area (Å²) in [6.07, 6.45) is 15.1. The number of hydrogen-bond acceptors (Lipinski definition) is 2. The lowest BCUT2D eigenvalue weighted by Crippen LogP contribution is -2.60. The van der Waals surface area contributed by atoms with Gasteiger partial charge in [-0.1, -0.05) is 52.3 Å². The molecule has 7 rings (SSSR count). The molecule has 6 aliphatic carbocycles. The van der Waals surface area contributed by atoms with Gasteiger partial charge in [-0.3, -0.25) is 4.79 Å². The zero-order valence-electron chi connectivity index (χ0n) is 23.4. The molecule has 0 heterocycles. The van der Waals surface area contributed by atoms with Gasteiger partial charge < -0.3 is 10.6 Å². The van der Waals surface area contributed by atoms with E-state index < -0.39 is 0 Å². The Labute approximate surface area is 220 Å². The molecule has 1 aromatic carbocycles. The molecule has 0 unspecified atom stereocenters. The molecule has 2 N–H and O–H groups in total. The fourth-order valence-corrected chi connectivity index (χ4v) is 10.4. The van der Waals surface area contributed by atoms with Gasteiger partial charge in [-0.2, -0.15) is 0 Å². The summed E-state index contributed by atoms with van der Waals surface area (Å²) in [4.78, 5) is 13.0. The molecule has 0 aliphatic heterocycles. The van der Waals surface area contributed by atoms with Crippen LogP contribution in [0, 0.1) is 29.1 Å². The first kappa shape index (κ1) is 25.0. The lowest BCUT2D eigenvalue weighted by atomic mass is 9.49. The lowest BCUT2D eigenvalue weighted by Gasteiger charge is -2.57. The van der Waals surface area contributed by atoms with Crippen LogP contribution in [0.15, 0.2) is 18.2 Å². The van der Waals surface area contributed by atoms with E-state index in [1.165, 1.54) is 76.2 Å². The molecule has 0 spiro atoms. The summed E-state index contributed by atoms with van der Waals surface area (Å²) in [5, 5.41) is 7.34. The number of rotatable bonds is 7. The Hall–Kier alpha value is -1.35. The summed E-state index contributed by atoms with van der Waals surface area (Å²) in [5.74, 6) is 4.25. The Morgan fingerprint density at radius 3 is 2.39 bits per heavy atom. The molecule has 3 heteroatoms. The van der Waals surface area contributed by atoms with Crippen molar-refractivity contribution < 1.29 is 4.79 Å². The van der Waals surface area contributed by atoms with E-state index in [1.54, 1.807) is 11.1 Å². The molecular weight excluding hydrogens is 440 g/mol. The second-order valence-electron chi connectivity index (χ2n) is 14.8. The van der Waals surface area contributed by atoms with Gasteiger partial charge in [-0.05, 0) is 121 Å². The second-order valence-corrected chi connectivity index (χ2v) is 14.8. The number of benzene rings is 1. The first-order valence-corrected chi connectivity index (χ1v) is 15.3. The van der Waals surface area contributed by atoms with Gasteiger partial charge in [0.05, 0.1) is 0 Å². The van der Waals surface area contributed by atoms with Crippen molar-refractivity contribution >= 4 is 5.91 Å². The first-order valence-electron chi connectivity index (χ1n) is 15.3. The quantitative estimate of drug-likeness (QED) is 0.409. The average molecular weight is 491 g/mol. The van der Waals surface area contributed by atoms with Crippen LogP contribution in [0.5, 0.6) is 0 Å². The van der Waals surface area contributed by atoms with Crippen LogP contribution in [0.4, 0.5) is 0 Å². The van der Waals surface area contributed by atoms with Crippen LogP contribution in [0.1, 0.15) is 121 Å². The van der Waals surface area contributed by atoms with E-state index in [0.717, 1.165) is 30.8 Å². The first-order chi connectivity index (χ1) is 17.2. The van der Waals surface area contributed by atoms with Gasteiger partial charge >= 0.3 is 0 Å². The Morgan fingerprint density at radius 2 is 1.72 bits per heavy atom. The lowest BCUT2D eigenvalue weighted by molar-refractivity contribution is -0.126. The molecule has 3 nitrogen and oxygen atoms in total. The summed E-state index contributed by atoms with van der Waals surface area (Å²) in [6, 6.07) is 7.38. The minimum Gasteiger partial charge on any atom is -0.351 e. The smallest absolute Gasteiger partial charge is 0.221 e. The van der Waals surface area contributed by atoms with Crippen molar-refractivity contribution in [2.45, 2.75) is 122 Å². The minimum absolute atomic E-state index is 0.147. The Balaban J connectivity index is 1.05. The van der Waals surface area contributed by atoms with Gasteiger partial charge in [0, 0.05) is 25.0 Å². The van der Waals surface area contributed by atoms with Crippen molar-refractivity contribution in [3.8, 4) is 0 Å². The molecule has 5 fully saturated rings. The Bertz CT molecular complexity index is 962. The van der Waals surface area contributed by atoms with Crippen molar-refractivity contribution in [3.63, 3.8) is 0 Å². The number of amides is 1. The van der Waals surface area contributed by atoms with Crippen molar-refractivity contribution in [2.24, 2.45) is 29.1 Å². The number of hydrogen-bond donors (Lipinski definition) is 2. The van der Waals surface area contributed by atoms with Crippen LogP contribution in [-0.2, 0) is 16.6 Å². The highest BCUT2D eigenvalue weighted by molar-refractivity contribution is 5.77. The van der Waals surface area contributed by atoms with E-state index in [-0.39, 0.29) is 16.9 Å².